The van der Waals surface area contributed by atoms with Crippen molar-refractivity contribution in [1.29, 1.82) is 0 Å². The molecule has 0 aliphatic heterocycles. The van der Waals surface area contributed by atoms with Gasteiger partial charge in [-0.25, -0.2) is 4.39 Å². The van der Waals surface area contributed by atoms with Gasteiger partial charge in [-0.2, -0.15) is 12.7 Å². The van der Waals surface area contributed by atoms with Gasteiger partial charge in [0.1, 0.15) is 5.82 Å². The van der Waals surface area contributed by atoms with Crippen LogP contribution in [0, 0.1) is 18.7 Å². The van der Waals surface area contributed by atoms with E-state index in [-0.39, 0.29) is 11.7 Å². The quantitative estimate of drug-likeness (QED) is 0.904. The molecule has 0 amide bonds. The molecule has 0 aromatic heterocycles. The van der Waals surface area contributed by atoms with Crippen LogP contribution in [-0.4, -0.2) is 25.8 Å². The van der Waals surface area contributed by atoms with Crippen molar-refractivity contribution >= 4 is 15.9 Å². The molecule has 2 rings (SSSR count). The molecule has 1 unspecified atom stereocenters. The van der Waals surface area contributed by atoms with Gasteiger partial charge < -0.3 is 0 Å². The third-order valence-corrected chi connectivity index (χ3v) is 5.26. The molecule has 0 heterocycles. The molecule has 1 fully saturated rings. The van der Waals surface area contributed by atoms with Gasteiger partial charge in [0.05, 0.1) is 5.69 Å². The maximum absolute atomic E-state index is 13.2. The van der Waals surface area contributed by atoms with Gasteiger partial charge in [-0.05, 0) is 50.3 Å². The Labute approximate surface area is 113 Å². The number of nitrogens with zero attached hydrogens (tertiary/aromatic N) is 1. The Morgan fingerprint density at radius 1 is 1.42 bits per heavy atom. The van der Waals surface area contributed by atoms with Crippen molar-refractivity contribution in [3.63, 3.8) is 0 Å². The van der Waals surface area contributed by atoms with E-state index in [1.54, 1.807) is 20.0 Å². The summed E-state index contributed by atoms with van der Waals surface area (Å²) in [5.41, 5.74) is 0.979. The summed E-state index contributed by atoms with van der Waals surface area (Å²) in [6.45, 7) is 3.64. The van der Waals surface area contributed by atoms with Crippen LogP contribution < -0.4 is 4.72 Å². The molecule has 19 heavy (non-hydrogen) atoms. The van der Waals surface area contributed by atoms with Crippen molar-refractivity contribution in [3.05, 3.63) is 29.6 Å². The second-order valence-corrected chi connectivity index (χ2v) is 6.89. The van der Waals surface area contributed by atoms with Crippen molar-refractivity contribution in [2.24, 2.45) is 5.92 Å². The Bertz CT molecular complexity index is 570. The van der Waals surface area contributed by atoms with E-state index in [0.29, 0.717) is 11.5 Å². The number of halogens is 1. The number of nitrogens with one attached hydrogen (secondary N) is 1. The predicted molar refractivity (Wildman–Crippen MR) is 73.6 cm³/mol. The first-order chi connectivity index (χ1) is 8.81. The van der Waals surface area contributed by atoms with E-state index in [0.717, 1.165) is 12.8 Å². The van der Waals surface area contributed by atoms with Gasteiger partial charge in [-0.1, -0.05) is 6.07 Å². The van der Waals surface area contributed by atoms with Crippen LogP contribution in [0.25, 0.3) is 0 Å². The standard InChI is InChI=1S/C13H19FN2O2S/c1-9-4-7-12(14)8-13(9)15-19(17,18)16(3)10(2)11-5-6-11/h4,7-8,10-11,15H,5-6H2,1-3H3. The van der Waals surface area contributed by atoms with Crippen LogP contribution in [0.5, 0.6) is 0 Å². The van der Waals surface area contributed by atoms with Crippen molar-refractivity contribution in [2.75, 3.05) is 11.8 Å². The fourth-order valence-corrected chi connectivity index (χ4v) is 3.26. The molecule has 0 spiro atoms. The van der Waals surface area contributed by atoms with E-state index in [9.17, 15) is 12.8 Å². The van der Waals surface area contributed by atoms with Gasteiger partial charge in [0.15, 0.2) is 0 Å². The zero-order valence-electron chi connectivity index (χ0n) is 11.4. The van der Waals surface area contributed by atoms with Gasteiger partial charge in [0, 0.05) is 13.1 Å². The van der Waals surface area contributed by atoms with Crippen molar-refractivity contribution in [3.8, 4) is 0 Å². The predicted octanol–water partition coefficient (Wildman–Crippen LogP) is 2.52. The highest BCUT2D eigenvalue weighted by Crippen LogP contribution is 2.35. The maximum atomic E-state index is 13.2. The molecule has 1 aromatic carbocycles. The normalized spacial score (nSPS) is 17.5. The Hall–Kier alpha value is -1.14. The summed E-state index contributed by atoms with van der Waals surface area (Å²) in [6, 6.07) is 4.02. The second kappa shape index (κ2) is 5.09. The summed E-state index contributed by atoms with van der Waals surface area (Å²) < 4.78 is 41.4. The zero-order chi connectivity index (χ0) is 14.2. The highest BCUT2D eigenvalue weighted by molar-refractivity contribution is 7.90. The zero-order valence-corrected chi connectivity index (χ0v) is 12.2. The number of hydrogen-bond acceptors (Lipinski definition) is 2. The molecular formula is C13H19FN2O2S. The van der Waals surface area contributed by atoms with Crippen LogP contribution in [0.2, 0.25) is 0 Å². The Kier molecular flexibility index (Phi) is 3.82. The number of benzene rings is 1. The molecule has 106 valence electrons. The molecular weight excluding hydrogens is 267 g/mol. The van der Waals surface area contributed by atoms with E-state index in [4.69, 9.17) is 0 Å². The van der Waals surface area contributed by atoms with E-state index < -0.39 is 16.0 Å². The van der Waals surface area contributed by atoms with Gasteiger partial charge in [0.2, 0.25) is 0 Å². The molecule has 1 aliphatic rings. The molecule has 1 atom stereocenters. The fraction of sp³-hybridized carbons (Fsp3) is 0.538. The minimum absolute atomic E-state index is 0.0358. The average Bonchev–Trinajstić information content (AvgIpc) is 3.15. The molecule has 1 aromatic rings. The van der Waals surface area contributed by atoms with Crippen LogP contribution in [0.15, 0.2) is 18.2 Å². The molecule has 0 saturated heterocycles. The lowest BCUT2D eigenvalue weighted by Crippen LogP contribution is -2.40. The summed E-state index contributed by atoms with van der Waals surface area (Å²) in [5, 5.41) is 0. The number of aryl methyl sites for hydroxylation is 1. The van der Waals surface area contributed by atoms with Crippen LogP contribution in [-0.2, 0) is 10.2 Å². The molecule has 4 nitrogen and oxygen atoms in total. The van der Waals surface area contributed by atoms with E-state index in [2.05, 4.69) is 4.72 Å². The van der Waals surface area contributed by atoms with E-state index >= 15 is 0 Å². The summed E-state index contributed by atoms with van der Waals surface area (Å²) in [4.78, 5) is 0. The number of hydrogen-bond donors (Lipinski definition) is 1. The average molecular weight is 286 g/mol. The lowest BCUT2D eigenvalue weighted by atomic mass is 10.2. The molecule has 1 N–H and O–H groups in total. The summed E-state index contributed by atoms with van der Waals surface area (Å²) in [7, 11) is -2.08. The molecule has 1 aliphatic carbocycles. The highest BCUT2D eigenvalue weighted by Gasteiger charge is 2.35. The monoisotopic (exact) mass is 286 g/mol. The largest absolute Gasteiger partial charge is 0.301 e. The van der Waals surface area contributed by atoms with Crippen LogP contribution >= 0.6 is 0 Å². The lowest BCUT2D eigenvalue weighted by Gasteiger charge is -2.25. The first-order valence-electron chi connectivity index (χ1n) is 6.33. The Morgan fingerprint density at radius 3 is 2.63 bits per heavy atom. The minimum atomic E-state index is -3.64. The molecule has 1 saturated carbocycles. The van der Waals surface area contributed by atoms with Gasteiger partial charge in [-0.15, -0.1) is 0 Å². The number of rotatable bonds is 5. The topological polar surface area (TPSA) is 49.4 Å². The maximum Gasteiger partial charge on any atom is 0.301 e. The molecule has 0 radical (unpaired) electrons. The first-order valence-corrected chi connectivity index (χ1v) is 7.77. The first kappa shape index (κ1) is 14.3. The van der Waals surface area contributed by atoms with E-state index in [1.807, 2.05) is 6.92 Å². The highest BCUT2D eigenvalue weighted by atomic mass is 32.2. The van der Waals surface area contributed by atoms with Crippen molar-refractivity contribution in [1.82, 2.24) is 4.31 Å². The van der Waals surface area contributed by atoms with Crippen molar-refractivity contribution in [2.45, 2.75) is 32.7 Å². The molecule has 0 bridgehead atoms. The van der Waals surface area contributed by atoms with Crippen LogP contribution in [0.3, 0.4) is 0 Å². The lowest BCUT2D eigenvalue weighted by molar-refractivity contribution is 0.359. The fourth-order valence-electron chi connectivity index (χ4n) is 2.01. The van der Waals surface area contributed by atoms with Crippen molar-refractivity contribution < 1.29 is 12.8 Å². The van der Waals surface area contributed by atoms with Gasteiger partial charge in [-0.3, -0.25) is 4.72 Å². The molecule has 6 heteroatoms. The number of anilines is 1. The van der Waals surface area contributed by atoms with Crippen LogP contribution in [0.1, 0.15) is 25.3 Å². The second-order valence-electron chi connectivity index (χ2n) is 5.16. The Balaban J connectivity index is 2.18. The smallest absolute Gasteiger partial charge is 0.271 e. The SMILES string of the molecule is Cc1ccc(F)cc1NS(=O)(=O)N(C)C(C)C1CC1. The van der Waals surface area contributed by atoms with Gasteiger partial charge >= 0.3 is 10.2 Å². The van der Waals surface area contributed by atoms with Gasteiger partial charge in [0.25, 0.3) is 0 Å². The van der Waals surface area contributed by atoms with E-state index in [1.165, 1.54) is 16.4 Å². The minimum Gasteiger partial charge on any atom is -0.271 e. The summed E-state index contributed by atoms with van der Waals surface area (Å²) in [5.74, 6) is -0.0172. The third kappa shape index (κ3) is 3.25. The van der Waals surface area contributed by atoms with Crippen LogP contribution in [0.4, 0.5) is 10.1 Å². The summed E-state index contributed by atoms with van der Waals surface area (Å²) in [6.07, 6.45) is 2.14. The Morgan fingerprint density at radius 2 is 2.05 bits per heavy atom. The third-order valence-electron chi connectivity index (χ3n) is 3.70. The summed E-state index contributed by atoms with van der Waals surface area (Å²) >= 11 is 0.